The summed E-state index contributed by atoms with van der Waals surface area (Å²) in [5.41, 5.74) is 0.727. The molecular formula is C10H15N3O2S. The standard InChI is InChI=1S/C10H15N3O2S/c14-9-7-16-6-8(12-9)5-10(15)13-3-1-11-2-4-13/h6,11H,1-5,7H2,(H,12,14). The summed E-state index contributed by atoms with van der Waals surface area (Å²) in [5.74, 6) is 0.525. The molecule has 0 aliphatic carbocycles. The van der Waals surface area contributed by atoms with Crippen LogP contribution < -0.4 is 10.6 Å². The Labute approximate surface area is 98.6 Å². The molecule has 2 amide bonds. The van der Waals surface area contributed by atoms with Gasteiger partial charge in [0.05, 0.1) is 12.2 Å². The second kappa shape index (κ2) is 5.36. The fourth-order valence-corrected chi connectivity index (χ4v) is 2.39. The van der Waals surface area contributed by atoms with Crippen molar-refractivity contribution in [3.63, 3.8) is 0 Å². The van der Waals surface area contributed by atoms with Gasteiger partial charge in [0.1, 0.15) is 0 Å². The number of hydrogen-bond acceptors (Lipinski definition) is 4. The number of amides is 2. The van der Waals surface area contributed by atoms with Crippen molar-refractivity contribution in [2.45, 2.75) is 6.42 Å². The molecule has 0 radical (unpaired) electrons. The Morgan fingerprint density at radius 2 is 2.19 bits per heavy atom. The quantitative estimate of drug-likeness (QED) is 0.685. The highest BCUT2D eigenvalue weighted by Gasteiger charge is 2.19. The molecule has 2 aliphatic heterocycles. The van der Waals surface area contributed by atoms with Gasteiger partial charge in [-0.05, 0) is 5.41 Å². The maximum atomic E-state index is 11.9. The van der Waals surface area contributed by atoms with E-state index in [0.29, 0.717) is 12.2 Å². The van der Waals surface area contributed by atoms with Gasteiger partial charge in [-0.15, -0.1) is 11.8 Å². The molecule has 0 spiro atoms. The molecule has 0 bridgehead atoms. The second-order valence-electron chi connectivity index (χ2n) is 3.81. The molecule has 2 aliphatic rings. The molecule has 0 unspecified atom stereocenters. The Morgan fingerprint density at radius 1 is 1.44 bits per heavy atom. The Balaban J connectivity index is 1.86. The van der Waals surface area contributed by atoms with Gasteiger partial charge in [-0.2, -0.15) is 0 Å². The van der Waals surface area contributed by atoms with E-state index < -0.39 is 0 Å². The maximum absolute atomic E-state index is 11.9. The number of nitrogens with zero attached hydrogens (tertiary/aromatic N) is 1. The average Bonchev–Trinajstić information content (AvgIpc) is 2.30. The third-order valence-corrected chi connectivity index (χ3v) is 3.43. The predicted octanol–water partition coefficient (Wildman–Crippen LogP) is -0.487. The lowest BCUT2D eigenvalue weighted by Crippen LogP contribution is -2.47. The van der Waals surface area contributed by atoms with Crippen molar-refractivity contribution in [1.82, 2.24) is 15.5 Å². The summed E-state index contributed by atoms with van der Waals surface area (Å²) in [5, 5.41) is 7.79. The number of nitrogens with one attached hydrogen (secondary N) is 2. The lowest BCUT2D eigenvalue weighted by atomic mass is 10.2. The van der Waals surface area contributed by atoms with Gasteiger partial charge in [0, 0.05) is 31.9 Å². The van der Waals surface area contributed by atoms with Crippen LogP contribution in [0.25, 0.3) is 0 Å². The van der Waals surface area contributed by atoms with E-state index in [2.05, 4.69) is 10.6 Å². The minimum atomic E-state index is -0.0180. The zero-order chi connectivity index (χ0) is 11.4. The Hall–Kier alpha value is -1.01. The van der Waals surface area contributed by atoms with Crippen LogP contribution in [0.3, 0.4) is 0 Å². The average molecular weight is 241 g/mol. The summed E-state index contributed by atoms with van der Waals surface area (Å²) >= 11 is 1.44. The Kier molecular flexibility index (Phi) is 3.84. The highest BCUT2D eigenvalue weighted by atomic mass is 32.2. The van der Waals surface area contributed by atoms with Crippen molar-refractivity contribution in [2.75, 3.05) is 31.9 Å². The van der Waals surface area contributed by atoms with Crippen LogP contribution in [0.2, 0.25) is 0 Å². The van der Waals surface area contributed by atoms with Gasteiger partial charge in [-0.1, -0.05) is 0 Å². The molecule has 1 fully saturated rings. The van der Waals surface area contributed by atoms with Gasteiger partial charge in [-0.3, -0.25) is 9.59 Å². The molecular weight excluding hydrogens is 226 g/mol. The molecule has 6 heteroatoms. The normalized spacial score (nSPS) is 21.4. The van der Waals surface area contributed by atoms with Crippen molar-refractivity contribution in [1.29, 1.82) is 0 Å². The van der Waals surface area contributed by atoms with Gasteiger partial charge >= 0.3 is 0 Å². The first kappa shape index (κ1) is 11.5. The van der Waals surface area contributed by atoms with Crippen LogP contribution in [0, 0.1) is 0 Å². The van der Waals surface area contributed by atoms with E-state index in [-0.39, 0.29) is 11.8 Å². The van der Waals surface area contributed by atoms with Gasteiger partial charge < -0.3 is 15.5 Å². The molecule has 0 aromatic carbocycles. The predicted molar refractivity (Wildman–Crippen MR) is 62.8 cm³/mol. The van der Waals surface area contributed by atoms with Crippen molar-refractivity contribution < 1.29 is 9.59 Å². The van der Waals surface area contributed by atoms with Gasteiger partial charge in [-0.25, -0.2) is 0 Å². The van der Waals surface area contributed by atoms with Crippen molar-refractivity contribution >= 4 is 23.6 Å². The minimum absolute atomic E-state index is 0.0180. The second-order valence-corrected chi connectivity index (χ2v) is 4.67. The molecule has 0 aromatic rings. The van der Waals surface area contributed by atoms with Crippen molar-refractivity contribution in [3.8, 4) is 0 Å². The van der Waals surface area contributed by atoms with Crippen molar-refractivity contribution in [2.24, 2.45) is 0 Å². The summed E-state index contributed by atoms with van der Waals surface area (Å²) in [4.78, 5) is 24.8. The SMILES string of the molecule is O=C1CSC=C(CC(=O)N2CCNCC2)N1. The first-order valence-electron chi connectivity index (χ1n) is 5.35. The summed E-state index contributed by atoms with van der Waals surface area (Å²) in [6.45, 7) is 3.22. The van der Waals surface area contributed by atoms with E-state index in [1.54, 1.807) is 0 Å². The zero-order valence-electron chi connectivity index (χ0n) is 8.99. The van der Waals surface area contributed by atoms with Gasteiger partial charge in [0.15, 0.2) is 0 Å². The van der Waals surface area contributed by atoms with E-state index in [4.69, 9.17) is 0 Å². The largest absolute Gasteiger partial charge is 0.340 e. The van der Waals surface area contributed by atoms with E-state index in [1.165, 1.54) is 11.8 Å². The summed E-state index contributed by atoms with van der Waals surface area (Å²) in [7, 11) is 0. The highest BCUT2D eigenvalue weighted by Crippen LogP contribution is 2.14. The molecule has 88 valence electrons. The lowest BCUT2D eigenvalue weighted by molar-refractivity contribution is -0.131. The summed E-state index contributed by atoms with van der Waals surface area (Å²) in [6.07, 6.45) is 0.304. The van der Waals surface area contributed by atoms with E-state index in [0.717, 1.165) is 31.9 Å². The monoisotopic (exact) mass is 241 g/mol. The zero-order valence-corrected chi connectivity index (χ0v) is 9.81. The molecule has 0 aromatic heterocycles. The molecule has 0 atom stereocenters. The van der Waals surface area contributed by atoms with Crippen molar-refractivity contribution in [3.05, 3.63) is 11.1 Å². The van der Waals surface area contributed by atoms with Crippen LogP contribution in [-0.2, 0) is 9.59 Å². The van der Waals surface area contributed by atoms with Crippen LogP contribution in [0.15, 0.2) is 11.1 Å². The minimum Gasteiger partial charge on any atom is -0.340 e. The number of hydrogen-bond donors (Lipinski definition) is 2. The molecule has 1 saturated heterocycles. The number of carbonyl (C=O) groups excluding carboxylic acids is 2. The van der Waals surface area contributed by atoms with E-state index >= 15 is 0 Å². The fourth-order valence-electron chi connectivity index (χ4n) is 1.74. The molecule has 2 heterocycles. The van der Waals surface area contributed by atoms with E-state index in [1.807, 2.05) is 10.3 Å². The van der Waals surface area contributed by atoms with Crippen LogP contribution >= 0.6 is 11.8 Å². The maximum Gasteiger partial charge on any atom is 0.234 e. The summed E-state index contributed by atoms with van der Waals surface area (Å²) < 4.78 is 0. The number of piperazine rings is 1. The molecule has 0 saturated carbocycles. The Bertz CT molecular complexity index is 324. The number of carbonyl (C=O) groups is 2. The number of rotatable bonds is 2. The van der Waals surface area contributed by atoms with Gasteiger partial charge in [0.25, 0.3) is 0 Å². The molecule has 5 nitrogen and oxygen atoms in total. The fraction of sp³-hybridized carbons (Fsp3) is 0.600. The molecule has 16 heavy (non-hydrogen) atoms. The first-order valence-corrected chi connectivity index (χ1v) is 6.39. The third kappa shape index (κ3) is 2.99. The van der Waals surface area contributed by atoms with Crippen LogP contribution in [0.1, 0.15) is 6.42 Å². The molecule has 2 rings (SSSR count). The van der Waals surface area contributed by atoms with Gasteiger partial charge in [0.2, 0.25) is 11.8 Å². The molecule has 2 N–H and O–H groups in total. The first-order chi connectivity index (χ1) is 7.75. The third-order valence-electron chi connectivity index (χ3n) is 2.55. The van der Waals surface area contributed by atoms with Crippen LogP contribution in [0.4, 0.5) is 0 Å². The van der Waals surface area contributed by atoms with E-state index in [9.17, 15) is 9.59 Å². The topological polar surface area (TPSA) is 61.4 Å². The van der Waals surface area contributed by atoms with Crippen LogP contribution in [0.5, 0.6) is 0 Å². The Morgan fingerprint density at radius 3 is 2.88 bits per heavy atom. The smallest absolute Gasteiger partial charge is 0.234 e. The highest BCUT2D eigenvalue weighted by molar-refractivity contribution is 8.02. The van der Waals surface area contributed by atoms with Crippen LogP contribution in [-0.4, -0.2) is 48.6 Å². The summed E-state index contributed by atoms with van der Waals surface area (Å²) in [6, 6.07) is 0. The lowest BCUT2D eigenvalue weighted by Gasteiger charge is -2.28. The number of thioether (sulfide) groups is 1.